The summed E-state index contributed by atoms with van der Waals surface area (Å²) in [5, 5.41) is 21.7. The van der Waals surface area contributed by atoms with Crippen molar-refractivity contribution in [2.24, 2.45) is 0 Å². The molecule has 0 aromatic carbocycles. The van der Waals surface area contributed by atoms with Gasteiger partial charge in [0.2, 0.25) is 5.91 Å². The minimum atomic E-state index is -0.483. The fraction of sp³-hybridized carbons (Fsp3) is 0.462. The summed E-state index contributed by atoms with van der Waals surface area (Å²) >= 11 is 0. The highest BCUT2D eigenvalue weighted by atomic mass is 16.6. The van der Waals surface area contributed by atoms with Gasteiger partial charge in [0, 0.05) is 19.2 Å². The van der Waals surface area contributed by atoms with E-state index in [0.29, 0.717) is 18.8 Å². The minimum absolute atomic E-state index is 0.0366. The molecular formula is C13H18N6O3. The first-order valence-corrected chi connectivity index (χ1v) is 6.97. The number of carbonyl (C=O) groups is 1. The van der Waals surface area contributed by atoms with Crippen LogP contribution in [0, 0.1) is 17.0 Å². The molecular weight excluding hydrogens is 288 g/mol. The van der Waals surface area contributed by atoms with Crippen LogP contribution in [0.1, 0.15) is 24.7 Å². The number of nitrogens with zero attached hydrogens (tertiary/aromatic N) is 5. The Bertz CT molecular complexity index is 675. The van der Waals surface area contributed by atoms with Gasteiger partial charge in [-0.25, -0.2) is 0 Å². The van der Waals surface area contributed by atoms with E-state index >= 15 is 0 Å². The van der Waals surface area contributed by atoms with Gasteiger partial charge >= 0.3 is 5.69 Å². The Kier molecular flexibility index (Phi) is 4.87. The number of nitro groups is 1. The molecule has 0 bridgehead atoms. The van der Waals surface area contributed by atoms with E-state index in [1.165, 1.54) is 10.9 Å². The molecule has 118 valence electrons. The average Bonchev–Trinajstić information content (AvgIpc) is 3.09. The van der Waals surface area contributed by atoms with Crippen molar-refractivity contribution in [2.45, 2.75) is 39.9 Å². The van der Waals surface area contributed by atoms with Gasteiger partial charge in [0.1, 0.15) is 11.9 Å². The third-order valence-corrected chi connectivity index (χ3v) is 3.31. The molecule has 0 radical (unpaired) electrons. The topological polar surface area (TPSA) is 108 Å². The number of hydrogen-bond donors (Lipinski definition) is 1. The first kappa shape index (κ1) is 15.7. The Hall–Kier alpha value is -2.71. The maximum absolute atomic E-state index is 11.8. The van der Waals surface area contributed by atoms with Crippen LogP contribution in [0.15, 0.2) is 18.5 Å². The van der Waals surface area contributed by atoms with E-state index in [4.69, 9.17) is 0 Å². The summed E-state index contributed by atoms with van der Waals surface area (Å²) in [6.45, 7) is 5.05. The van der Waals surface area contributed by atoms with Gasteiger partial charge in [-0.05, 0) is 19.9 Å². The van der Waals surface area contributed by atoms with Gasteiger partial charge in [-0.1, -0.05) is 0 Å². The molecule has 0 aliphatic carbocycles. The smallest absolute Gasteiger partial charge is 0.309 e. The second-order valence-corrected chi connectivity index (χ2v) is 4.78. The highest BCUT2D eigenvalue weighted by molar-refractivity contribution is 5.75. The largest absolute Gasteiger partial charge is 0.350 e. The Morgan fingerprint density at radius 2 is 2.27 bits per heavy atom. The van der Waals surface area contributed by atoms with Crippen molar-refractivity contribution in [3.05, 3.63) is 40.0 Å². The minimum Gasteiger partial charge on any atom is -0.350 e. The molecule has 9 heteroatoms. The first-order valence-electron chi connectivity index (χ1n) is 6.97. The molecule has 2 aromatic heterocycles. The zero-order chi connectivity index (χ0) is 16.1. The second-order valence-electron chi connectivity index (χ2n) is 4.78. The fourth-order valence-electron chi connectivity index (χ4n) is 2.00. The van der Waals surface area contributed by atoms with Crippen LogP contribution in [0.25, 0.3) is 0 Å². The molecule has 0 saturated carbocycles. The van der Waals surface area contributed by atoms with Crippen molar-refractivity contribution in [2.75, 3.05) is 0 Å². The van der Waals surface area contributed by atoms with Crippen LogP contribution in [0.4, 0.5) is 5.69 Å². The van der Waals surface area contributed by atoms with Crippen LogP contribution >= 0.6 is 0 Å². The molecule has 0 fully saturated rings. The SMILES string of the molecule is CCn1ccc(CNC(=O)CCn2ncc([N+](=O)[O-])c2C)n1. The van der Waals surface area contributed by atoms with E-state index in [9.17, 15) is 14.9 Å². The van der Waals surface area contributed by atoms with Crippen LogP contribution in [0.3, 0.4) is 0 Å². The van der Waals surface area contributed by atoms with Crippen molar-refractivity contribution in [3.63, 3.8) is 0 Å². The van der Waals surface area contributed by atoms with Gasteiger partial charge in [-0.2, -0.15) is 10.2 Å². The van der Waals surface area contributed by atoms with Gasteiger partial charge in [0.25, 0.3) is 0 Å². The molecule has 0 unspecified atom stereocenters. The van der Waals surface area contributed by atoms with E-state index in [0.717, 1.165) is 12.2 Å². The first-order chi connectivity index (χ1) is 10.5. The monoisotopic (exact) mass is 306 g/mol. The molecule has 0 spiro atoms. The maximum Gasteiger partial charge on any atom is 0.309 e. The third kappa shape index (κ3) is 3.68. The summed E-state index contributed by atoms with van der Waals surface area (Å²) < 4.78 is 3.25. The number of carbonyl (C=O) groups excluding carboxylic acids is 1. The zero-order valence-corrected chi connectivity index (χ0v) is 12.5. The number of nitrogens with one attached hydrogen (secondary N) is 1. The Morgan fingerprint density at radius 1 is 1.50 bits per heavy atom. The molecule has 2 rings (SSSR count). The molecule has 0 aliphatic heterocycles. The van der Waals surface area contributed by atoms with E-state index < -0.39 is 4.92 Å². The molecule has 2 heterocycles. The van der Waals surface area contributed by atoms with Gasteiger partial charge in [0.05, 0.1) is 23.7 Å². The predicted octanol–water partition coefficient (Wildman–Crippen LogP) is 1.02. The fourth-order valence-corrected chi connectivity index (χ4v) is 2.00. The normalized spacial score (nSPS) is 10.6. The van der Waals surface area contributed by atoms with Crippen molar-refractivity contribution in [1.82, 2.24) is 24.9 Å². The summed E-state index contributed by atoms with van der Waals surface area (Å²) in [5.41, 5.74) is 1.20. The lowest BCUT2D eigenvalue weighted by atomic mass is 10.3. The van der Waals surface area contributed by atoms with Crippen molar-refractivity contribution in [1.29, 1.82) is 0 Å². The van der Waals surface area contributed by atoms with Crippen molar-refractivity contribution in [3.8, 4) is 0 Å². The van der Waals surface area contributed by atoms with Crippen LogP contribution in [0.5, 0.6) is 0 Å². The average molecular weight is 306 g/mol. The van der Waals surface area contributed by atoms with Crippen molar-refractivity contribution < 1.29 is 9.72 Å². The Morgan fingerprint density at radius 3 is 2.86 bits per heavy atom. The Labute approximate surface area is 127 Å². The van der Waals surface area contributed by atoms with Gasteiger partial charge in [-0.3, -0.25) is 24.3 Å². The van der Waals surface area contributed by atoms with E-state index in [1.54, 1.807) is 11.6 Å². The molecule has 1 N–H and O–H groups in total. The summed E-state index contributed by atoms with van der Waals surface area (Å²) in [5.74, 6) is -0.149. The third-order valence-electron chi connectivity index (χ3n) is 3.31. The molecule has 22 heavy (non-hydrogen) atoms. The van der Waals surface area contributed by atoms with E-state index in [1.807, 2.05) is 19.2 Å². The highest BCUT2D eigenvalue weighted by Crippen LogP contribution is 2.16. The summed E-state index contributed by atoms with van der Waals surface area (Å²) in [6.07, 6.45) is 3.26. The van der Waals surface area contributed by atoms with E-state index in [2.05, 4.69) is 15.5 Å². The van der Waals surface area contributed by atoms with Crippen LogP contribution in [0.2, 0.25) is 0 Å². The zero-order valence-electron chi connectivity index (χ0n) is 12.5. The maximum atomic E-state index is 11.8. The number of hydrogen-bond acceptors (Lipinski definition) is 5. The highest BCUT2D eigenvalue weighted by Gasteiger charge is 2.16. The molecule has 0 atom stereocenters. The van der Waals surface area contributed by atoms with Crippen LogP contribution in [-0.4, -0.2) is 30.4 Å². The molecule has 0 saturated heterocycles. The lowest BCUT2D eigenvalue weighted by molar-refractivity contribution is -0.385. The van der Waals surface area contributed by atoms with E-state index in [-0.39, 0.29) is 18.0 Å². The number of aryl methyl sites for hydroxylation is 2. The van der Waals surface area contributed by atoms with Gasteiger partial charge < -0.3 is 5.32 Å². The molecule has 2 aromatic rings. The summed E-state index contributed by atoms with van der Waals surface area (Å²) in [4.78, 5) is 22.0. The summed E-state index contributed by atoms with van der Waals surface area (Å²) in [6, 6.07) is 1.85. The molecule has 1 amide bonds. The molecule has 9 nitrogen and oxygen atoms in total. The quantitative estimate of drug-likeness (QED) is 0.607. The van der Waals surface area contributed by atoms with Gasteiger partial charge in [0.15, 0.2) is 0 Å². The predicted molar refractivity (Wildman–Crippen MR) is 78.0 cm³/mol. The van der Waals surface area contributed by atoms with Crippen LogP contribution in [-0.2, 0) is 24.4 Å². The number of amides is 1. The lowest BCUT2D eigenvalue weighted by Gasteiger charge is -2.05. The Balaban J connectivity index is 1.81. The number of aromatic nitrogens is 4. The summed E-state index contributed by atoms with van der Waals surface area (Å²) in [7, 11) is 0. The van der Waals surface area contributed by atoms with Crippen molar-refractivity contribution >= 4 is 11.6 Å². The standard InChI is InChI=1S/C13H18N6O3/c1-3-17-6-4-11(16-17)8-14-13(20)5-7-18-10(2)12(9-15-18)19(21)22/h4,6,9H,3,5,7-8H2,1-2H3,(H,14,20). The molecule has 0 aliphatic rings. The number of rotatable bonds is 7. The van der Waals surface area contributed by atoms with Gasteiger partial charge in [-0.15, -0.1) is 0 Å². The second kappa shape index (κ2) is 6.83. The van der Waals surface area contributed by atoms with Crippen LogP contribution < -0.4 is 5.32 Å². The lowest BCUT2D eigenvalue weighted by Crippen LogP contribution is -2.24.